The minimum Gasteiger partial charge on any atom is -0.496 e. The molecule has 2 aromatic carbocycles. The molecule has 0 unspecified atom stereocenters. The van der Waals surface area contributed by atoms with Crippen molar-refractivity contribution in [1.82, 2.24) is 13.9 Å². The third-order valence-electron chi connectivity index (χ3n) is 6.77. The Morgan fingerprint density at radius 1 is 1.13 bits per heavy atom. The lowest BCUT2D eigenvalue weighted by atomic mass is 10.1. The van der Waals surface area contributed by atoms with Crippen LogP contribution in [0.4, 0.5) is 0 Å². The van der Waals surface area contributed by atoms with Crippen LogP contribution in [0.2, 0.25) is 0 Å². The number of aromatic nitrogens is 2. The molecule has 2 aliphatic heterocycles. The zero-order valence-corrected chi connectivity index (χ0v) is 23.1. The van der Waals surface area contributed by atoms with Crippen LogP contribution >= 0.6 is 11.8 Å². The first-order valence-corrected chi connectivity index (χ1v) is 14.9. The molecule has 0 amide bonds. The summed E-state index contributed by atoms with van der Waals surface area (Å²) in [5, 5.41) is 0.760. The number of thioether (sulfide) groups is 1. The SMILES string of the molecule is COC(=O)c1ccc(CSc2nc3cc(S(=O)(=O)N4CCOCC4)ccc3n2C[C@H]2CCCO2)c(OC)c1. The van der Waals surface area contributed by atoms with Crippen LogP contribution < -0.4 is 4.74 Å². The number of hydrogen-bond acceptors (Lipinski definition) is 9. The van der Waals surface area contributed by atoms with Gasteiger partial charge in [0, 0.05) is 31.0 Å². The van der Waals surface area contributed by atoms with Gasteiger partial charge in [0.25, 0.3) is 0 Å². The van der Waals surface area contributed by atoms with Crippen LogP contribution in [0.3, 0.4) is 0 Å². The van der Waals surface area contributed by atoms with Crippen molar-refractivity contribution in [2.24, 2.45) is 0 Å². The number of morpholine rings is 1. The highest BCUT2D eigenvalue weighted by molar-refractivity contribution is 7.98. The van der Waals surface area contributed by atoms with Crippen LogP contribution in [0.1, 0.15) is 28.8 Å². The topological polar surface area (TPSA) is 109 Å². The summed E-state index contributed by atoms with van der Waals surface area (Å²) < 4.78 is 51.6. The van der Waals surface area contributed by atoms with Crippen LogP contribution in [-0.4, -0.2) is 81.5 Å². The number of nitrogens with zero attached hydrogens (tertiary/aromatic N) is 3. The number of sulfonamides is 1. The van der Waals surface area contributed by atoms with Crippen molar-refractivity contribution in [3.8, 4) is 5.75 Å². The Labute approximate surface area is 226 Å². The van der Waals surface area contributed by atoms with Gasteiger partial charge < -0.3 is 23.5 Å². The van der Waals surface area contributed by atoms with E-state index in [0.29, 0.717) is 55.4 Å². The molecule has 0 spiro atoms. The van der Waals surface area contributed by atoms with Crippen LogP contribution in [0, 0.1) is 0 Å². The van der Waals surface area contributed by atoms with Gasteiger partial charge in [-0.05, 0) is 43.2 Å². The number of carbonyl (C=O) groups is 1. The van der Waals surface area contributed by atoms with E-state index in [1.54, 1.807) is 31.4 Å². The van der Waals surface area contributed by atoms with E-state index in [1.165, 1.54) is 23.2 Å². The van der Waals surface area contributed by atoms with Crippen LogP contribution in [0.15, 0.2) is 46.5 Å². The van der Waals surface area contributed by atoms with Crippen LogP contribution in [-0.2, 0) is 36.5 Å². The fraction of sp³-hybridized carbons (Fsp3) is 0.462. The van der Waals surface area contributed by atoms with Gasteiger partial charge in [-0.2, -0.15) is 4.31 Å². The molecule has 2 saturated heterocycles. The van der Waals surface area contributed by atoms with E-state index in [4.69, 9.17) is 23.9 Å². The van der Waals surface area contributed by atoms with Crippen molar-refractivity contribution in [2.45, 2.75) is 41.3 Å². The van der Waals surface area contributed by atoms with Gasteiger partial charge in [0.05, 0.1) is 61.6 Å². The molecule has 2 fully saturated rings. The molecule has 12 heteroatoms. The molecule has 0 aliphatic carbocycles. The molecular weight excluding hydrogens is 530 g/mol. The molecule has 1 aromatic heterocycles. The van der Waals surface area contributed by atoms with E-state index < -0.39 is 16.0 Å². The summed E-state index contributed by atoms with van der Waals surface area (Å²) in [5.41, 5.74) is 2.79. The summed E-state index contributed by atoms with van der Waals surface area (Å²) in [6, 6.07) is 10.4. The van der Waals surface area contributed by atoms with Gasteiger partial charge in [-0.3, -0.25) is 0 Å². The fourth-order valence-electron chi connectivity index (χ4n) is 4.71. The van der Waals surface area contributed by atoms with Gasteiger partial charge in [0.15, 0.2) is 5.16 Å². The quantitative estimate of drug-likeness (QED) is 0.287. The molecule has 0 radical (unpaired) electrons. The summed E-state index contributed by atoms with van der Waals surface area (Å²) in [5.74, 6) is 0.697. The van der Waals surface area contributed by atoms with E-state index in [0.717, 1.165) is 35.7 Å². The van der Waals surface area contributed by atoms with Crippen molar-refractivity contribution in [3.05, 3.63) is 47.5 Å². The van der Waals surface area contributed by atoms with E-state index in [1.807, 2.05) is 12.1 Å². The molecule has 5 rings (SSSR count). The first-order valence-electron chi connectivity index (χ1n) is 12.5. The lowest BCUT2D eigenvalue weighted by Crippen LogP contribution is -2.40. The summed E-state index contributed by atoms with van der Waals surface area (Å²) >= 11 is 1.52. The maximum absolute atomic E-state index is 13.2. The lowest BCUT2D eigenvalue weighted by Gasteiger charge is -2.26. The van der Waals surface area contributed by atoms with Crippen molar-refractivity contribution in [1.29, 1.82) is 0 Å². The number of carbonyl (C=O) groups excluding carboxylic acids is 1. The molecule has 0 N–H and O–H groups in total. The third kappa shape index (κ3) is 5.55. The molecule has 2 aliphatic rings. The van der Waals surface area contributed by atoms with E-state index in [2.05, 4.69) is 4.57 Å². The van der Waals surface area contributed by atoms with Crippen LogP contribution in [0.5, 0.6) is 5.75 Å². The Hall–Kier alpha value is -2.64. The number of methoxy groups -OCH3 is 2. The second kappa shape index (κ2) is 11.6. The molecule has 3 aromatic rings. The highest BCUT2D eigenvalue weighted by atomic mass is 32.2. The fourth-order valence-corrected chi connectivity index (χ4v) is 7.16. The normalized spacial score (nSPS) is 18.6. The Kier molecular flexibility index (Phi) is 8.24. The Balaban J connectivity index is 1.46. The van der Waals surface area contributed by atoms with Gasteiger partial charge in [0.1, 0.15) is 5.75 Å². The summed E-state index contributed by atoms with van der Waals surface area (Å²) in [4.78, 5) is 17.0. The molecule has 204 valence electrons. The second-order valence-corrected chi connectivity index (χ2v) is 12.0. The number of esters is 1. The van der Waals surface area contributed by atoms with E-state index in [-0.39, 0.29) is 11.0 Å². The van der Waals surface area contributed by atoms with Crippen molar-refractivity contribution >= 4 is 38.8 Å². The van der Waals surface area contributed by atoms with Gasteiger partial charge in [-0.25, -0.2) is 18.2 Å². The Morgan fingerprint density at radius 3 is 2.66 bits per heavy atom. The number of hydrogen-bond donors (Lipinski definition) is 0. The first-order chi connectivity index (χ1) is 18.4. The van der Waals surface area contributed by atoms with Gasteiger partial charge in [-0.1, -0.05) is 17.8 Å². The molecular formula is C26H31N3O7S2. The van der Waals surface area contributed by atoms with Crippen molar-refractivity contribution in [2.75, 3.05) is 47.1 Å². The summed E-state index contributed by atoms with van der Waals surface area (Å²) in [7, 11) is -0.734. The first kappa shape index (κ1) is 26.9. The molecule has 1 atom stereocenters. The van der Waals surface area contributed by atoms with Crippen molar-refractivity contribution in [3.63, 3.8) is 0 Å². The summed E-state index contributed by atoms with van der Waals surface area (Å²) in [6.45, 7) is 2.83. The maximum Gasteiger partial charge on any atom is 0.337 e. The smallest absolute Gasteiger partial charge is 0.337 e. The maximum atomic E-state index is 13.2. The summed E-state index contributed by atoms with van der Waals surface area (Å²) in [6.07, 6.45) is 2.07. The van der Waals surface area contributed by atoms with Crippen LogP contribution in [0.25, 0.3) is 11.0 Å². The lowest BCUT2D eigenvalue weighted by molar-refractivity contribution is 0.0600. The molecule has 10 nitrogen and oxygen atoms in total. The number of benzene rings is 2. The zero-order chi connectivity index (χ0) is 26.7. The average Bonchev–Trinajstić information content (AvgIpc) is 3.59. The average molecular weight is 562 g/mol. The van der Waals surface area contributed by atoms with Gasteiger partial charge in [0.2, 0.25) is 10.0 Å². The van der Waals surface area contributed by atoms with Crippen molar-refractivity contribution < 1.29 is 32.2 Å². The predicted octanol–water partition coefficient (Wildman–Crippen LogP) is 3.32. The molecule has 0 bridgehead atoms. The van der Waals surface area contributed by atoms with E-state index >= 15 is 0 Å². The molecule has 0 saturated carbocycles. The Bertz CT molecular complexity index is 1410. The van der Waals surface area contributed by atoms with Gasteiger partial charge in [-0.15, -0.1) is 0 Å². The zero-order valence-electron chi connectivity index (χ0n) is 21.4. The number of fused-ring (bicyclic) bond motifs is 1. The minimum absolute atomic E-state index is 0.0809. The number of rotatable bonds is 9. The Morgan fingerprint density at radius 2 is 1.95 bits per heavy atom. The second-order valence-electron chi connectivity index (χ2n) is 9.11. The molecule has 38 heavy (non-hydrogen) atoms. The van der Waals surface area contributed by atoms with Gasteiger partial charge >= 0.3 is 5.97 Å². The minimum atomic E-state index is -3.64. The number of imidazole rings is 1. The molecule has 3 heterocycles. The predicted molar refractivity (Wildman–Crippen MR) is 142 cm³/mol. The standard InChI is InChI=1S/C26H31N3O7S2/c1-33-24-14-18(25(30)34-2)5-6-19(24)17-37-26-27-22-15-21(38(31,32)28-9-12-35-13-10-28)7-8-23(22)29(26)16-20-4-3-11-36-20/h5-8,14-15,20H,3-4,9-13,16-17H2,1-2H3/t20-/m1/s1. The highest BCUT2D eigenvalue weighted by Gasteiger charge is 2.28. The largest absolute Gasteiger partial charge is 0.496 e. The number of ether oxygens (including phenoxy) is 4. The van der Waals surface area contributed by atoms with E-state index in [9.17, 15) is 13.2 Å². The third-order valence-corrected chi connectivity index (χ3v) is 9.69. The highest BCUT2D eigenvalue weighted by Crippen LogP contribution is 2.33. The monoisotopic (exact) mass is 561 g/mol.